The fourth-order valence-corrected chi connectivity index (χ4v) is 3.98. The van der Waals surface area contributed by atoms with E-state index in [4.69, 9.17) is 16.3 Å². The van der Waals surface area contributed by atoms with Gasteiger partial charge in [0.25, 0.3) is 5.91 Å². The van der Waals surface area contributed by atoms with Crippen LogP contribution in [0.4, 0.5) is 0 Å². The van der Waals surface area contributed by atoms with E-state index in [2.05, 4.69) is 12.0 Å². The zero-order valence-electron chi connectivity index (χ0n) is 16.5. The second-order valence-corrected chi connectivity index (χ2v) is 8.09. The molecular weight excluding hydrogens is 394 g/mol. The van der Waals surface area contributed by atoms with E-state index in [1.807, 2.05) is 61.4 Å². The first kappa shape index (κ1) is 20.4. The maximum absolute atomic E-state index is 12.8. The minimum absolute atomic E-state index is 0.00603. The summed E-state index contributed by atoms with van der Waals surface area (Å²) in [5, 5.41) is 6.88. The van der Waals surface area contributed by atoms with Gasteiger partial charge in [0.2, 0.25) is 0 Å². The molecule has 0 atom stereocenters. The maximum Gasteiger partial charge on any atom is 0.263 e. The van der Waals surface area contributed by atoms with Crippen LogP contribution in [0, 0.1) is 13.8 Å². The fourth-order valence-electron chi connectivity index (χ4n) is 2.92. The van der Waals surface area contributed by atoms with Gasteiger partial charge in [-0.1, -0.05) is 17.7 Å². The number of aromatic nitrogens is 2. The molecule has 3 aromatic rings. The fraction of sp³-hybridized carbons (Fsp3) is 0.333. The highest BCUT2D eigenvalue weighted by atomic mass is 35.5. The zero-order chi connectivity index (χ0) is 20.3. The summed E-state index contributed by atoms with van der Waals surface area (Å²) in [4.78, 5) is 15.2. The minimum Gasteiger partial charge on any atom is -0.487 e. The molecule has 5 nitrogen and oxygen atoms in total. The summed E-state index contributed by atoms with van der Waals surface area (Å²) in [6, 6.07) is 7.56. The molecule has 28 heavy (non-hydrogen) atoms. The number of amides is 1. The van der Waals surface area contributed by atoms with Crippen LogP contribution in [0.1, 0.15) is 39.0 Å². The number of thiophene rings is 1. The third-order valence-corrected chi connectivity index (χ3v) is 5.88. The van der Waals surface area contributed by atoms with Crippen LogP contribution in [0.15, 0.2) is 35.8 Å². The summed E-state index contributed by atoms with van der Waals surface area (Å²) in [6.07, 6.45) is 1.84. The van der Waals surface area contributed by atoms with Crippen LogP contribution in [-0.2, 0) is 19.7 Å². The summed E-state index contributed by atoms with van der Waals surface area (Å²) < 4.78 is 7.76. The molecule has 1 amide bonds. The Balaban J connectivity index is 1.63. The van der Waals surface area contributed by atoms with Crippen molar-refractivity contribution in [2.45, 2.75) is 40.5 Å². The lowest BCUT2D eigenvalue weighted by atomic mass is 10.2. The molecule has 2 heterocycles. The summed E-state index contributed by atoms with van der Waals surface area (Å²) in [6.45, 7) is 7.81. The van der Waals surface area contributed by atoms with Gasteiger partial charge in [-0.2, -0.15) is 5.10 Å². The number of carbonyl (C=O) groups excluding carboxylic acids is 1. The predicted octanol–water partition coefficient (Wildman–Crippen LogP) is 5.09. The van der Waals surface area contributed by atoms with Gasteiger partial charge in [-0.3, -0.25) is 9.48 Å². The van der Waals surface area contributed by atoms with E-state index in [1.165, 1.54) is 11.3 Å². The highest BCUT2D eigenvalue weighted by Gasteiger charge is 2.17. The van der Waals surface area contributed by atoms with Crippen LogP contribution >= 0.6 is 22.9 Å². The predicted molar refractivity (Wildman–Crippen MR) is 113 cm³/mol. The first-order chi connectivity index (χ1) is 13.4. The first-order valence-corrected chi connectivity index (χ1v) is 10.4. The van der Waals surface area contributed by atoms with Crippen LogP contribution in [0.2, 0.25) is 5.02 Å². The van der Waals surface area contributed by atoms with Gasteiger partial charge >= 0.3 is 0 Å². The number of carbonyl (C=O) groups is 1. The lowest BCUT2D eigenvalue weighted by Crippen LogP contribution is -2.25. The van der Waals surface area contributed by atoms with E-state index in [-0.39, 0.29) is 5.91 Å². The molecule has 0 aliphatic heterocycles. The highest BCUT2D eigenvalue weighted by Crippen LogP contribution is 2.27. The zero-order valence-corrected chi connectivity index (χ0v) is 18.1. The Morgan fingerprint density at radius 3 is 2.82 bits per heavy atom. The lowest BCUT2D eigenvalue weighted by molar-refractivity contribution is 0.0789. The van der Waals surface area contributed by atoms with Gasteiger partial charge < -0.3 is 9.64 Å². The molecule has 0 radical (unpaired) electrons. The molecule has 0 spiro atoms. The van der Waals surface area contributed by atoms with E-state index < -0.39 is 0 Å². The molecular formula is C21H24ClN3O2S. The molecule has 0 aliphatic carbocycles. The summed E-state index contributed by atoms with van der Waals surface area (Å²) in [5.74, 6) is 0.648. The Morgan fingerprint density at radius 1 is 1.32 bits per heavy atom. The van der Waals surface area contributed by atoms with Crippen molar-refractivity contribution in [3.63, 3.8) is 0 Å². The smallest absolute Gasteiger partial charge is 0.263 e. The van der Waals surface area contributed by atoms with Crippen molar-refractivity contribution in [2.75, 3.05) is 7.05 Å². The number of hydrogen-bond donors (Lipinski definition) is 0. The van der Waals surface area contributed by atoms with E-state index in [1.54, 1.807) is 4.90 Å². The van der Waals surface area contributed by atoms with Crippen molar-refractivity contribution >= 4 is 28.8 Å². The van der Waals surface area contributed by atoms with Crippen molar-refractivity contribution in [3.05, 3.63) is 68.1 Å². The van der Waals surface area contributed by atoms with Gasteiger partial charge in [-0.15, -0.1) is 11.3 Å². The van der Waals surface area contributed by atoms with Crippen LogP contribution in [-0.4, -0.2) is 27.6 Å². The number of halogens is 1. The van der Waals surface area contributed by atoms with Crippen molar-refractivity contribution in [3.8, 4) is 5.75 Å². The molecule has 0 N–H and O–H groups in total. The van der Waals surface area contributed by atoms with Gasteiger partial charge in [0, 0.05) is 37.0 Å². The van der Waals surface area contributed by atoms with E-state index in [0.717, 1.165) is 28.9 Å². The highest BCUT2D eigenvalue weighted by molar-refractivity contribution is 7.12. The lowest BCUT2D eigenvalue weighted by Gasteiger charge is -2.16. The Hall–Kier alpha value is -2.31. The van der Waals surface area contributed by atoms with E-state index in [0.29, 0.717) is 28.8 Å². The Kier molecular flexibility index (Phi) is 6.42. The van der Waals surface area contributed by atoms with Crippen LogP contribution < -0.4 is 4.74 Å². The van der Waals surface area contributed by atoms with E-state index >= 15 is 0 Å². The number of aryl methyl sites for hydroxylation is 2. The topological polar surface area (TPSA) is 47.4 Å². The Bertz CT molecular complexity index is 980. The van der Waals surface area contributed by atoms with E-state index in [9.17, 15) is 4.79 Å². The van der Waals surface area contributed by atoms with Gasteiger partial charge in [0.1, 0.15) is 12.4 Å². The molecule has 0 fully saturated rings. The van der Waals surface area contributed by atoms with Crippen LogP contribution in [0.3, 0.4) is 0 Å². The average Bonchev–Trinajstić information content (AvgIpc) is 3.29. The number of rotatable bonds is 7. The molecule has 0 unspecified atom stereocenters. The van der Waals surface area contributed by atoms with Gasteiger partial charge in [-0.25, -0.2) is 0 Å². The monoisotopic (exact) mass is 417 g/mol. The molecule has 0 saturated carbocycles. The second-order valence-electron chi connectivity index (χ2n) is 6.77. The SMILES string of the molecule is CCn1ncc(CN(C)C(=O)c2cc(COc3cc(C)ccc3Cl)cs2)c1C. The second kappa shape index (κ2) is 8.80. The molecule has 1 aromatic carbocycles. The standard InChI is InChI=1S/C21H24ClN3O2S/c1-5-25-15(3)17(10-23-25)11-24(4)21(26)20-9-16(13-28-20)12-27-19-8-14(2)6-7-18(19)22/h6-10,13H,5,11-12H2,1-4H3. The number of ether oxygens (including phenoxy) is 1. The summed E-state index contributed by atoms with van der Waals surface area (Å²) >= 11 is 7.60. The molecule has 7 heteroatoms. The van der Waals surface area contributed by atoms with Crippen molar-refractivity contribution in [1.29, 1.82) is 0 Å². The summed E-state index contributed by atoms with van der Waals surface area (Å²) in [5.41, 5.74) is 4.20. The van der Waals surface area contributed by atoms with Crippen molar-refractivity contribution in [2.24, 2.45) is 0 Å². The number of nitrogens with zero attached hydrogens (tertiary/aromatic N) is 3. The van der Waals surface area contributed by atoms with Gasteiger partial charge in [0.15, 0.2) is 0 Å². The Morgan fingerprint density at radius 2 is 2.11 bits per heavy atom. The van der Waals surface area contributed by atoms with Gasteiger partial charge in [-0.05, 0) is 49.9 Å². The van der Waals surface area contributed by atoms with Crippen LogP contribution in [0.25, 0.3) is 0 Å². The average molecular weight is 418 g/mol. The normalized spacial score (nSPS) is 10.9. The largest absolute Gasteiger partial charge is 0.487 e. The number of benzene rings is 1. The Labute approximate surface area is 174 Å². The molecule has 148 valence electrons. The van der Waals surface area contributed by atoms with Gasteiger partial charge in [0.05, 0.1) is 16.1 Å². The quantitative estimate of drug-likeness (QED) is 0.538. The maximum atomic E-state index is 12.8. The van der Waals surface area contributed by atoms with Crippen molar-refractivity contribution in [1.82, 2.24) is 14.7 Å². The molecule has 0 aliphatic rings. The summed E-state index contributed by atoms with van der Waals surface area (Å²) in [7, 11) is 1.81. The number of hydrogen-bond acceptors (Lipinski definition) is 4. The van der Waals surface area contributed by atoms with Crippen LogP contribution in [0.5, 0.6) is 5.75 Å². The first-order valence-electron chi connectivity index (χ1n) is 9.12. The third-order valence-electron chi connectivity index (χ3n) is 4.60. The molecule has 0 bridgehead atoms. The molecule has 0 saturated heterocycles. The third kappa shape index (κ3) is 4.56. The van der Waals surface area contributed by atoms with Crippen molar-refractivity contribution < 1.29 is 9.53 Å². The molecule has 2 aromatic heterocycles. The minimum atomic E-state index is -0.00603. The molecule has 3 rings (SSSR count).